The van der Waals surface area contributed by atoms with Gasteiger partial charge in [0.1, 0.15) is 21.4 Å². The lowest BCUT2D eigenvalue weighted by molar-refractivity contribution is 0.0595. The summed E-state index contributed by atoms with van der Waals surface area (Å²) in [5, 5.41) is 13.4. The van der Waals surface area contributed by atoms with Gasteiger partial charge in [-0.1, -0.05) is 0 Å². The molecular formula is C27H26I2N10O12S2. The fourth-order valence-electron chi connectivity index (χ4n) is 3.71. The average molecular weight is 1000 g/mol. The number of carboxylic acid groups (broad SMARTS) is 1. The van der Waals surface area contributed by atoms with Crippen molar-refractivity contribution in [3.05, 3.63) is 66.3 Å². The van der Waals surface area contributed by atoms with E-state index in [1.807, 2.05) is 45.2 Å². The quantitative estimate of drug-likeness (QED) is 0.112. The fourth-order valence-corrected chi connectivity index (χ4v) is 7.37. The van der Waals surface area contributed by atoms with Crippen LogP contribution in [0.3, 0.4) is 0 Å². The van der Waals surface area contributed by atoms with Crippen molar-refractivity contribution in [2.45, 2.75) is 23.6 Å². The summed E-state index contributed by atoms with van der Waals surface area (Å²) in [6.07, 6.45) is 0. The number of carbonyl (C=O) groups is 4. The number of aromatic carboxylic acids is 1. The highest BCUT2D eigenvalue weighted by Gasteiger charge is 2.27. The molecule has 53 heavy (non-hydrogen) atoms. The van der Waals surface area contributed by atoms with Crippen LogP contribution < -0.4 is 29.6 Å². The van der Waals surface area contributed by atoms with Crippen molar-refractivity contribution in [1.82, 2.24) is 39.3 Å². The molecule has 282 valence electrons. The third kappa shape index (κ3) is 12.0. The molecule has 0 aliphatic heterocycles. The first kappa shape index (κ1) is 42.3. The first-order chi connectivity index (χ1) is 24.8. The van der Waals surface area contributed by atoms with Crippen molar-refractivity contribution in [2.75, 3.05) is 32.0 Å². The van der Waals surface area contributed by atoms with Crippen LogP contribution in [0.25, 0.3) is 0 Å². The summed E-state index contributed by atoms with van der Waals surface area (Å²) in [4.78, 5) is 69.0. The van der Waals surface area contributed by atoms with Gasteiger partial charge in [0.25, 0.3) is 20.0 Å². The molecule has 2 aromatic heterocycles. The van der Waals surface area contributed by atoms with Crippen molar-refractivity contribution in [2.24, 2.45) is 0 Å². The number of aryl methyl sites for hydroxylation is 2. The third-order valence-corrected chi connectivity index (χ3v) is 9.91. The Kier molecular flexibility index (Phi) is 14.4. The minimum Gasteiger partial charge on any atom is -0.478 e. The van der Waals surface area contributed by atoms with E-state index in [4.69, 9.17) is 14.6 Å². The van der Waals surface area contributed by atoms with Gasteiger partial charge in [-0.15, -0.1) is 0 Å². The number of anilines is 2. The van der Waals surface area contributed by atoms with Crippen LogP contribution in [0.4, 0.5) is 21.5 Å². The lowest BCUT2D eigenvalue weighted by Gasteiger charge is -2.11. The Morgan fingerprint density at radius 3 is 1.42 bits per heavy atom. The number of carbonyl (C=O) groups excluding carboxylic acids is 3. The molecule has 4 rings (SSSR count). The fraction of sp³-hybridized carbons (Fsp3) is 0.185. The summed E-state index contributed by atoms with van der Waals surface area (Å²) < 4.78 is 68.7. The number of benzene rings is 2. The second-order valence-electron chi connectivity index (χ2n) is 9.58. The number of nitrogens with zero attached hydrogens (tertiary/aromatic N) is 6. The van der Waals surface area contributed by atoms with Crippen LogP contribution in [0.5, 0.6) is 12.0 Å². The lowest BCUT2D eigenvalue weighted by Crippen LogP contribution is -2.35. The van der Waals surface area contributed by atoms with Crippen LogP contribution in [0.2, 0.25) is 0 Å². The van der Waals surface area contributed by atoms with E-state index < -0.39 is 59.4 Å². The van der Waals surface area contributed by atoms with Crippen molar-refractivity contribution in [3.63, 3.8) is 0 Å². The lowest BCUT2D eigenvalue weighted by atomic mass is 10.2. The van der Waals surface area contributed by atoms with Gasteiger partial charge >= 0.3 is 36.0 Å². The molecule has 4 aromatic rings. The summed E-state index contributed by atoms with van der Waals surface area (Å²) in [5.74, 6) is -2.25. The molecule has 0 fully saturated rings. The summed E-state index contributed by atoms with van der Waals surface area (Å²) in [5.41, 5.74) is -0.681. The van der Waals surface area contributed by atoms with Crippen LogP contribution in [-0.4, -0.2) is 97.2 Å². The normalized spacial score (nSPS) is 10.8. The predicted molar refractivity (Wildman–Crippen MR) is 198 cm³/mol. The molecule has 2 aromatic carbocycles. The standard InChI is InChI=1S/C14H14IN5O6S.C13H12IN5O6S/c1-7-16-12(19-14(17-7)26-3)18-13(22)20-27(23,24)10-6-8(15)4-5-9(10)11(21)25-2;1-6-15-11(18-13(16-6)25-2)17-12(22)19-26(23,24)9-5-7(14)3-4-8(9)10(20)21/h4-6H,1-3H3,(H2,16,17,18,19,20,22);3-5H,1-2H3,(H,20,21)(H2,15,16,17,18,19,22). The number of urea groups is 2. The second-order valence-corrected chi connectivity index (χ2v) is 15.4. The van der Waals surface area contributed by atoms with Crippen molar-refractivity contribution in [1.29, 1.82) is 0 Å². The van der Waals surface area contributed by atoms with Gasteiger partial charge in [0.05, 0.1) is 32.5 Å². The molecule has 0 aliphatic carbocycles. The number of sulfonamides is 2. The number of rotatable bonds is 10. The Labute approximate surface area is 327 Å². The molecule has 0 bridgehead atoms. The number of hydrogen-bond acceptors (Lipinski definition) is 17. The Morgan fingerprint density at radius 1 is 0.642 bits per heavy atom. The molecule has 5 N–H and O–H groups in total. The molecule has 0 spiro atoms. The number of carboxylic acids is 1. The van der Waals surface area contributed by atoms with Crippen molar-refractivity contribution >= 4 is 101 Å². The van der Waals surface area contributed by atoms with E-state index in [-0.39, 0.29) is 41.1 Å². The maximum absolute atomic E-state index is 12.6. The molecule has 0 unspecified atom stereocenters. The molecule has 0 aliphatic rings. The van der Waals surface area contributed by atoms with E-state index >= 15 is 0 Å². The number of esters is 1. The van der Waals surface area contributed by atoms with E-state index in [9.17, 15) is 36.0 Å². The van der Waals surface area contributed by atoms with E-state index in [1.54, 1.807) is 16.4 Å². The van der Waals surface area contributed by atoms with Crippen LogP contribution in [-0.2, 0) is 24.8 Å². The van der Waals surface area contributed by atoms with Gasteiger partial charge in [0.2, 0.25) is 11.9 Å². The number of nitrogens with one attached hydrogen (secondary N) is 4. The highest BCUT2D eigenvalue weighted by molar-refractivity contribution is 14.1. The van der Waals surface area contributed by atoms with Gasteiger partial charge in [0.15, 0.2) is 0 Å². The van der Waals surface area contributed by atoms with Gasteiger partial charge in [-0.25, -0.2) is 45.5 Å². The zero-order valence-electron chi connectivity index (χ0n) is 27.7. The van der Waals surface area contributed by atoms with E-state index in [0.717, 1.165) is 19.2 Å². The highest BCUT2D eigenvalue weighted by atomic mass is 127. The summed E-state index contributed by atoms with van der Waals surface area (Å²) in [6.45, 7) is 3.06. The first-order valence-corrected chi connectivity index (χ1v) is 19.0. The highest BCUT2D eigenvalue weighted by Crippen LogP contribution is 2.21. The second kappa shape index (κ2) is 18.1. The molecule has 0 saturated heterocycles. The minimum atomic E-state index is -4.45. The molecule has 4 amide bonds. The van der Waals surface area contributed by atoms with Crippen LogP contribution in [0.15, 0.2) is 46.2 Å². The third-order valence-electron chi connectivity index (χ3n) is 5.83. The number of methoxy groups -OCH3 is 3. The van der Waals surface area contributed by atoms with Gasteiger partial charge in [-0.2, -0.15) is 29.9 Å². The number of hydrogen-bond donors (Lipinski definition) is 5. The number of ether oxygens (including phenoxy) is 3. The van der Waals surface area contributed by atoms with Gasteiger partial charge in [0, 0.05) is 7.14 Å². The first-order valence-electron chi connectivity index (χ1n) is 13.9. The Morgan fingerprint density at radius 2 is 1.04 bits per heavy atom. The van der Waals surface area contributed by atoms with Crippen LogP contribution in [0.1, 0.15) is 32.4 Å². The van der Waals surface area contributed by atoms with Gasteiger partial charge in [-0.3, -0.25) is 10.6 Å². The largest absolute Gasteiger partial charge is 0.478 e. The summed E-state index contributed by atoms with van der Waals surface area (Å²) >= 11 is 3.70. The molecular weight excluding hydrogens is 974 g/mol. The molecule has 26 heteroatoms. The molecule has 0 atom stereocenters. The molecule has 22 nitrogen and oxygen atoms in total. The Balaban J connectivity index is 0.000000286. The van der Waals surface area contributed by atoms with Crippen molar-refractivity contribution < 1.29 is 55.3 Å². The predicted octanol–water partition coefficient (Wildman–Crippen LogP) is 2.09. The molecule has 2 heterocycles. The SMILES string of the molecule is COC(=O)c1ccc(I)cc1S(=O)(=O)NC(=O)Nc1nc(C)nc(OC)n1.COc1nc(C)nc(NC(=O)NS(=O)(=O)c2cc(I)ccc2C(=O)O)n1. The number of halogens is 2. The average Bonchev–Trinajstić information content (AvgIpc) is 3.06. The summed E-state index contributed by atoms with van der Waals surface area (Å²) in [6, 6.07) is 5.35. The summed E-state index contributed by atoms with van der Waals surface area (Å²) in [7, 11) is -5.08. The molecule has 0 saturated carbocycles. The smallest absolute Gasteiger partial charge is 0.339 e. The molecule has 0 radical (unpaired) electrons. The van der Waals surface area contributed by atoms with Gasteiger partial charge < -0.3 is 19.3 Å². The van der Waals surface area contributed by atoms with Crippen LogP contribution in [0, 0.1) is 21.0 Å². The van der Waals surface area contributed by atoms with E-state index in [0.29, 0.717) is 7.14 Å². The zero-order valence-corrected chi connectivity index (χ0v) is 33.6. The topological polar surface area (TPSA) is 310 Å². The van der Waals surface area contributed by atoms with Gasteiger partial charge in [-0.05, 0) is 95.4 Å². The monoisotopic (exact) mass is 1000 g/mol. The van der Waals surface area contributed by atoms with E-state index in [2.05, 4.69) is 45.3 Å². The van der Waals surface area contributed by atoms with Crippen molar-refractivity contribution in [3.8, 4) is 12.0 Å². The Bertz CT molecular complexity index is 2300. The van der Waals surface area contributed by atoms with Crippen LogP contribution >= 0.6 is 45.2 Å². The number of amides is 4. The number of aromatic nitrogens is 6. The minimum absolute atomic E-state index is 0.0498. The maximum Gasteiger partial charge on any atom is 0.339 e. The maximum atomic E-state index is 12.6. The Hall–Kier alpha value is -5.10. The zero-order chi connectivity index (χ0) is 39.7. The van der Waals surface area contributed by atoms with E-state index in [1.165, 1.54) is 45.4 Å².